The first-order valence-electron chi connectivity index (χ1n) is 8.97. The summed E-state index contributed by atoms with van der Waals surface area (Å²) in [4.78, 5) is 15.9. The number of hydrogen-bond donors (Lipinski definition) is 1. The second kappa shape index (κ2) is 8.41. The number of H-pyrrole nitrogens is 1. The van der Waals surface area contributed by atoms with Gasteiger partial charge in [0.05, 0.1) is 18.9 Å². The lowest BCUT2D eigenvalue weighted by Gasteiger charge is -2.09. The number of rotatable bonds is 8. The van der Waals surface area contributed by atoms with E-state index in [1.807, 2.05) is 59.2 Å². The number of hydrogen-bond acceptors (Lipinski definition) is 5. The van der Waals surface area contributed by atoms with Gasteiger partial charge in [-0.2, -0.15) is 0 Å². The highest BCUT2D eigenvalue weighted by molar-refractivity contribution is 7.99. The first-order valence-corrected chi connectivity index (χ1v) is 9.96. The number of methoxy groups -OCH3 is 1. The van der Waals surface area contributed by atoms with Gasteiger partial charge in [-0.05, 0) is 6.07 Å². The van der Waals surface area contributed by atoms with E-state index in [0.717, 1.165) is 22.3 Å². The summed E-state index contributed by atoms with van der Waals surface area (Å²) in [5, 5.41) is 10.3. The number of para-hydroxylation sites is 1. The maximum Gasteiger partial charge on any atom is 0.192 e. The molecule has 0 aliphatic heterocycles. The summed E-state index contributed by atoms with van der Waals surface area (Å²) in [7, 11) is 1.67. The van der Waals surface area contributed by atoms with Crippen LogP contribution in [0.25, 0.3) is 22.3 Å². The number of ether oxygens (including phenoxy) is 1. The first kappa shape index (κ1) is 18.5. The summed E-state index contributed by atoms with van der Waals surface area (Å²) in [5.41, 5.74) is 2.65. The van der Waals surface area contributed by atoms with Crippen molar-refractivity contribution in [2.45, 2.75) is 11.7 Å². The summed E-state index contributed by atoms with van der Waals surface area (Å²) in [6, 6.07) is 17.7. The Morgan fingerprint density at radius 3 is 2.71 bits per heavy atom. The minimum Gasteiger partial charge on any atom is -0.383 e. The Bertz CT molecular complexity index is 1090. The molecule has 2 aromatic carbocycles. The number of thioether (sulfide) groups is 1. The molecule has 4 aromatic rings. The predicted molar refractivity (Wildman–Crippen MR) is 111 cm³/mol. The smallest absolute Gasteiger partial charge is 0.192 e. The number of carbonyl (C=O) groups is 1. The van der Waals surface area contributed by atoms with Crippen molar-refractivity contribution in [3.63, 3.8) is 0 Å². The summed E-state index contributed by atoms with van der Waals surface area (Å²) in [6.45, 7) is 1.17. The minimum atomic E-state index is 0.0602. The van der Waals surface area contributed by atoms with Crippen LogP contribution in [-0.2, 0) is 11.3 Å². The highest BCUT2D eigenvalue weighted by atomic mass is 32.2. The summed E-state index contributed by atoms with van der Waals surface area (Å²) in [6.07, 6.45) is 1.78. The summed E-state index contributed by atoms with van der Waals surface area (Å²) >= 11 is 1.40. The molecule has 0 atom stereocenters. The third-order valence-corrected chi connectivity index (χ3v) is 5.46. The van der Waals surface area contributed by atoms with Crippen molar-refractivity contribution in [1.82, 2.24) is 19.7 Å². The molecule has 0 unspecified atom stereocenters. The number of Topliss-reactive ketones (excluding diaryl/α,β-unsaturated/α-hetero) is 1. The molecule has 0 radical (unpaired) electrons. The van der Waals surface area contributed by atoms with Crippen molar-refractivity contribution in [3.05, 3.63) is 66.4 Å². The van der Waals surface area contributed by atoms with Gasteiger partial charge in [-0.1, -0.05) is 60.3 Å². The molecule has 2 aromatic heterocycles. The highest BCUT2D eigenvalue weighted by Gasteiger charge is 2.17. The Morgan fingerprint density at radius 2 is 1.89 bits per heavy atom. The number of nitrogens with zero attached hydrogens (tertiary/aromatic N) is 3. The molecular formula is C21H20N4O2S. The SMILES string of the molecule is COCCn1c(SCC(=O)c2c[nH]c3ccccc23)nnc1-c1ccccc1. The normalized spacial score (nSPS) is 11.2. The summed E-state index contributed by atoms with van der Waals surface area (Å²) < 4.78 is 7.24. The van der Waals surface area contributed by atoms with Gasteiger partial charge in [0.25, 0.3) is 0 Å². The van der Waals surface area contributed by atoms with Gasteiger partial charge in [-0.15, -0.1) is 10.2 Å². The first-order chi connectivity index (χ1) is 13.8. The third-order valence-electron chi connectivity index (χ3n) is 4.49. The second-order valence-electron chi connectivity index (χ2n) is 6.28. The Balaban J connectivity index is 1.56. The van der Waals surface area contributed by atoms with E-state index in [9.17, 15) is 4.79 Å². The molecule has 0 fully saturated rings. The molecule has 6 nitrogen and oxygen atoms in total. The van der Waals surface area contributed by atoms with Gasteiger partial charge >= 0.3 is 0 Å². The van der Waals surface area contributed by atoms with Gasteiger partial charge in [0.1, 0.15) is 0 Å². The molecule has 0 saturated heterocycles. The van der Waals surface area contributed by atoms with Crippen molar-refractivity contribution < 1.29 is 9.53 Å². The Hall–Kier alpha value is -2.90. The number of aromatic amines is 1. The van der Waals surface area contributed by atoms with Crippen molar-refractivity contribution in [3.8, 4) is 11.4 Å². The van der Waals surface area contributed by atoms with E-state index in [-0.39, 0.29) is 5.78 Å². The fourth-order valence-electron chi connectivity index (χ4n) is 3.09. The molecule has 142 valence electrons. The van der Waals surface area contributed by atoms with E-state index in [4.69, 9.17) is 4.74 Å². The Labute approximate surface area is 166 Å². The van der Waals surface area contributed by atoms with Gasteiger partial charge in [0.15, 0.2) is 16.8 Å². The maximum absolute atomic E-state index is 12.8. The number of aromatic nitrogens is 4. The van der Waals surface area contributed by atoms with Crippen LogP contribution in [0, 0.1) is 0 Å². The predicted octanol–water partition coefficient (Wildman–Crippen LogP) is 4.05. The molecule has 28 heavy (non-hydrogen) atoms. The fourth-order valence-corrected chi connectivity index (χ4v) is 3.94. The zero-order valence-corrected chi connectivity index (χ0v) is 16.3. The molecular weight excluding hydrogens is 372 g/mol. The number of ketones is 1. The van der Waals surface area contributed by atoms with E-state index >= 15 is 0 Å². The van der Waals surface area contributed by atoms with E-state index in [1.165, 1.54) is 11.8 Å². The number of fused-ring (bicyclic) bond motifs is 1. The number of nitrogens with one attached hydrogen (secondary N) is 1. The number of benzene rings is 2. The van der Waals surface area contributed by atoms with Gasteiger partial charge in [-0.3, -0.25) is 9.36 Å². The van der Waals surface area contributed by atoms with E-state index in [0.29, 0.717) is 29.6 Å². The van der Waals surface area contributed by atoms with Crippen LogP contribution in [0.15, 0.2) is 66.0 Å². The molecule has 0 aliphatic rings. The number of carbonyl (C=O) groups excluding carboxylic acids is 1. The van der Waals surface area contributed by atoms with Gasteiger partial charge in [0, 0.05) is 35.3 Å². The van der Waals surface area contributed by atoms with E-state index in [1.54, 1.807) is 13.3 Å². The monoisotopic (exact) mass is 392 g/mol. The van der Waals surface area contributed by atoms with Crippen molar-refractivity contribution in [2.75, 3.05) is 19.5 Å². The lowest BCUT2D eigenvalue weighted by molar-refractivity contribution is 0.102. The van der Waals surface area contributed by atoms with Gasteiger partial charge in [0.2, 0.25) is 0 Å². The lowest BCUT2D eigenvalue weighted by Crippen LogP contribution is -2.09. The van der Waals surface area contributed by atoms with Crippen LogP contribution < -0.4 is 0 Å². The van der Waals surface area contributed by atoms with Gasteiger partial charge in [-0.25, -0.2) is 0 Å². The molecule has 0 aliphatic carbocycles. The average Bonchev–Trinajstić information content (AvgIpc) is 3.35. The lowest BCUT2D eigenvalue weighted by atomic mass is 10.1. The zero-order chi connectivity index (χ0) is 19.3. The molecule has 0 spiro atoms. The van der Waals surface area contributed by atoms with Crippen molar-refractivity contribution in [2.24, 2.45) is 0 Å². The Morgan fingerprint density at radius 1 is 1.11 bits per heavy atom. The van der Waals surface area contributed by atoms with Gasteiger partial charge < -0.3 is 9.72 Å². The largest absolute Gasteiger partial charge is 0.383 e. The van der Waals surface area contributed by atoms with Crippen LogP contribution in [0.5, 0.6) is 0 Å². The molecule has 4 rings (SSSR count). The minimum absolute atomic E-state index is 0.0602. The average molecular weight is 392 g/mol. The van der Waals surface area contributed by atoms with Crippen LogP contribution in [0.4, 0.5) is 0 Å². The van der Waals surface area contributed by atoms with Crippen LogP contribution in [0.2, 0.25) is 0 Å². The van der Waals surface area contributed by atoms with Crippen LogP contribution in [-0.4, -0.2) is 45.0 Å². The molecule has 0 bridgehead atoms. The third kappa shape index (κ3) is 3.72. The van der Waals surface area contributed by atoms with E-state index in [2.05, 4.69) is 15.2 Å². The molecule has 0 amide bonds. The van der Waals surface area contributed by atoms with E-state index < -0.39 is 0 Å². The topological polar surface area (TPSA) is 72.8 Å². The van der Waals surface area contributed by atoms with Crippen LogP contribution in [0.3, 0.4) is 0 Å². The molecule has 0 saturated carbocycles. The standard InChI is InChI=1S/C21H20N4O2S/c1-27-12-11-25-20(15-7-3-2-4-8-15)23-24-21(25)28-14-19(26)17-13-22-18-10-6-5-9-16(17)18/h2-10,13,22H,11-12,14H2,1H3. The molecule has 7 heteroatoms. The zero-order valence-electron chi connectivity index (χ0n) is 15.5. The summed E-state index contributed by atoms with van der Waals surface area (Å²) in [5.74, 6) is 1.13. The fraction of sp³-hybridized carbons (Fsp3) is 0.190. The second-order valence-corrected chi connectivity index (χ2v) is 7.22. The highest BCUT2D eigenvalue weighted by Crippen LogP contribution is 2.26. The van der Waals surface area contributed by atoms with Crippen molar-refractivity contribution >= 4 is 28.4 Å². The molecule has 2 heterocycles. The molecule has 1 N–H and O–H groups in total. The van der Waals surface area contributed by atoms with Crippen LogP contribution >= 0.6 is 11.8 Å². The maximum atomic E-state index is 12.8. The van der Waals surface area contributed by atoms with Crippen LogP contribution in [0.1, 0.15) is 10.4 Å². The quantitative estimate of drug-likeness (QED) is 0.362. The van der Waals surface area contributed by atoms with Crippen molar-refractivity contribution in [1.29, 1.82) is 0 Å². The Kier molecular flexibility index (Phi) is 5.55.